The smallest absolute Gasteiger partial charge is 0.333 e. The minimum atomic E-state index is -5.01. The number of amides is 1. The Morgan fingerprint density at radius 3 is 2.13 bits per heavy atom. The first-order valence-electron chi connectivity index (χ1n) is 12.0. The summed E-state index contributed by atoms with van der Waals surface area (Å²) in [7, 11) is 0. The molecule has 0 spiro atoms. The molecule has 0 bridgehead atoms. The Balaban J connectivity index is 1.67. The first-order valence-corrected chi connectivity index (χ1v) is 12.0. The molecule has 1 aliphatic rings. The minimum absolute atomic E-state index is 0.0184. The van der Waals surface area contributed by atoms with Crippen molar-refractivity contribution in [1.29, 1.82) is 0 Å². The van der Waals surface area contributed by atoms with Gasteiger partial charge in [-0.2, -0.15) is 26.3 Å². The van der Waals surface area contributed by atoms with Crippen molar-refractivity contribution < 1.29 is 31.1 Å². The molecule has 0 N–H and O–H groups in total. The molecule has 0 radical (unpaired) electrons. The van der Waals surface area contributed by atoms with Crippen molar-refractivity contribution in [2.24, 2.45) is 0 Å². The van der Waals surface area contributed by atoms with Gasteiger partial charge in [0.05, 0.1) is 11.1 Å². The molecule has 5 rings (SSSR count). The van der Waals surface area contributed by atoms with Gasteiger partial charge in [-0.15, -0.1) is 0 Å². The monoisotopic (exact) mass is 545 g/mol. The van der Waals surface area contributed by atoms with Gasteiger partial charge in [0, 0.05) is 36.8 Å². The minimum Gasteiger partial charge on any atom is -0.333 e. The number of carbonyl (C=O) groups is 1. The van der Waals surface area contributed by atoms with Crippen LogP contribution in [0.2, 0.25) is 0 Å². The molecule has 1 aliphatic heterocycles. The topological polar surface area (TPSA) is 55.2 Å². The maximum Gasteiger partial charge on any atom is 0.416 e. The van der Waals surface area contributed by atoms with E-state index in [9.17, 15) is 35.9 Å². The Kier molecular flexibility index (Phi) is 6.48. The number of benzene rings is 2. The number of alkyl halides is 6. The number of pyridine rings is 2. The maximum absolute atomic E-state index is 14.0. The lowest BCUT2D eigenvalue weighted by Gasteiger charge is -2.24. The molecular formula is C28H21F6N3O2. The fraction of sp³-hybridized carbons (Fsp3) is 0.250. The van der Waals surface area contributed by atoms with Crippen molar-refractivity contribution in [3.63, 3.8) is 0 Å². The molecule has 0 saturated heterocycles. The largest absolute Gasteiger partial charge is 0.416 e. The zero-order valence-corrected chi connectivity index (χ0v) is 20.5. The Morgan fingerprint density at radius 1 is 0.872 bits per heavy atom. The van der Waals surface area contributed by atoms with Gasteiger partial charge in [-0.05, 0) is 48.7 Å². The second-order valence-corrected chi connectivity index (χ2v) is 9.44. The van der Waals surface area contributed by atoms with Crippen LogP contribution in [0, 0.1) is 6.92 Å². The number of halogens is 6. The van der Waals surface area contributed by atoms with Crippen LogP contribution in [0.3, 0.4) is 0 Å². The molecule has 0 saturated carbocycles. The molecule has 0 aliphatic carbocycles. The van der Waals surface area contributed by atoms with Gasteiger partial charge in [0.1, 0.15) is 11.2 Å². The molecule has 0 atom stereocenters. The second-order valence-electron chi connectivity index (χ2n) is 9.44. The summed E-state index contributed by atoms with van der Waals surface area (Å²) in [6.45, 7) is 1.53. The number of nitrogens with zero attached hydrogens (tertiary/aromatic N) is 3. The maximum atomic E-state index is 14.0. The van der Waals surface area contributed by atoms with E-state index in [1.807, 2.05) is 19.1 Å². The summed E-state index contributed by atoms with van der Waals surface area (Å²) in [5, 5.41) is 0.422. The lowest BCUT2D eigenvalue weighted by Crippen LogP contribution is -2.34. The van der Waals surface area contributed by atoms with E-state index < -0.39 is 41.5 Å². The molecule has 202 valence electrons. The zero-order chi connectivity index (χ0) is 28.1. The van der Waals surface area contributed by atoms with Crippen molar-refractivity contribution in [3.05, 3.63) is 99.1 Å². The van der Waals surface area contributed by atoms with Gasteiger partial charge in [0.25, 0.3) is 11.5 Å². The highest BCUT2D eigenvalue weighted by Crippen LogP contribution is 2.37. The van der Waals surface area contributed by atoms with Gasteiger partial charge in [0.15, 0.2) is 0 Å². The van der Waals surface area contributed by atoms with E-state index in [0.29, 0.717) is 28.6 Å². The number of carbonyl (C=O) groups excluding carboxylic acids is 1. The molecule has 2 aromatic carbocycles. The van der Waals surface area contributed by atoms with Crippen LogP contribution >= 0.6 is 0 Å². The summed E-state index contributed by atoms with van der Waals surface area (Å²) in [5.74, 6) is -0.670. The Morgan fingerprint density at radius 2 is 1.51 bits per heavy atom. The highest BCUT2D eigenvalue weighted by molar-refractivity contribution is 6.07. The number of aryl methyl sites for hydroxylation is 1. The van der Waals surface area contributed by atoms with Crippen LogP contribution in [0.25, 0.3) is 22.0 Å². The molecule has 5 nitrogen and oxygen atoms in total. The number of rotatable bonds is 3. The van der Waals surface area contributed by atoms with E-state index in [1.54, 1.807) is 24.3 Å². The molecule has 3 heterocycles. The van der Waals surface area contributed by atoms with Crippen molar-refractivity contribution in [1.82, 2.24) is 14.5 Å². The first kappa shape index (κ1) is 26.5. The summed E-state index contributed by atoms with van der Waals surface area (Å²) in [5.41, 5.74) is -1.54. The summed E-state index contributed by atoms with van der Waals surface area (Å²) in [6, 6.07) is 11.8. The van der Waals surface area contributed by atoms with E-state index in [0.717, 1.165) is 5.56 Å². The summed E-state index contributed by atoms with van der Waals surface area (Å²) in [6.07, 6.45) is -8.30. The number of fused-ring (bicyclic) bond motifs is 2. The van der Waals surface area contributed by atoms with Crippen molar-refractivity contribution in [2.75, 3.05) is 6.54 Å². The summed E-state index contributed by atoms with van der Waals surface area (Å²) in [4.78, 5) is 32.7. The van der Waals surface area contributed by atoms with Crippen molar-refractivity contribution in [3.8, 4) is 11.1 Å². The third-order valence-electron chi connectivity index (χ3n) is 6.69. The summed E-state index contributed by atoms with van der Waals surface area (Å²) >= 11 is 0. The van der Waals surface area contributed by atoms with Gasteiger partial charge in [-0.25, -0.2) is 0 Å². The molecule has 39 heavy (non-hydrogen) atoms. The quantitative estimate of drug-likeness (QED) is 0.278. The molecule has 1 amide bonds. The average molecular weight is 545 g/mol. The molecule has 11 heteroatoms. The number of hydrogen-bond acceptors (Lipinski definition) is 3. The lowest BCUT2D eigenvalue weighted by molar-refractivity contribution is -0.143. The zero-order valence-electron chi connectivity index (χ0n) is 20.5. The number of aromatic nitrogens is 2. The van der Waals surface area contributed by atoms with E-state index in [2.05, 4.69) is 4.98 Å². The Hall–Kier alpha value is -4.15. The fourth-order valence-corrected chi connectivity index (χ4v) is 4.87. The van der Waals surface area contributed by atoms with Crippen LogP contribution in [0.5, 0.6) is 0 Å². The standard InChI is InChI=1S/C28H21F6N3O2/c1-16-5-7-18(8-6-16)22-21-4-2-9-35-23(21)25(38)37-11-3-10-36(26(39)24(22)37)15-17-12-19(27(29,30)31)14-20(13-17)28(32,33)34/h2,4-9,12-14H,3,10-11,15H2,1H3. The lowest BCUT2D eigenvalue weighted by atomic mass is 9.97. The number of hydrogen-bond donors (Lipinski definition) is 0. The normalized spacial score (nSPS) is 14.4. The van der Waals surface area contributed by atoms with Gasteiger partial charge in [-0.1, -0.05) is 35.9 Å². The van der Waals surface area contributed by atoms with Crippen LogP contribution in [0.15, 0.2) is 65.6 Å². The van der Waals surface area contributed by atoms with E-state index >= 15 is 0 Å². The predicted molar refractivity (Wildman–Crippen MR) is 132 cm³/mol. The van der Waals surface area contributed by atoms with Gasteiger partial charge in [-0.3, -0.25) is 14.6 Å². The summed E-state index contributed by atoms with van der Waals surface area (Å²) < 4.78 is 81.8. The van der Waals surface area contributed by atoms with Crippen LogP contribution in [-0.4, -0.2) is 26.9 Å². The first-order chi connectivity index (χ1) is 18.3. The van der Waals surface area contributed by atoms with Gasteiger partial charge < -0.3 is 9.47 Å². The average Bonchev–Trinajstić information content (AvgIpc) is 3.03. The third-order valence-corrected chi connectivity index (χ3v) is 6.69. The molecule has 0 fully saturated rings. The molecular weight excluding hydrogens is 524 g/mol. The highest BCUT2D eigenvalue weighted by Gasteiger charge is 2.37. The van der Waals surface area contributed by atoms with E-state index in [1.165, 1.54) is 15.7 Å². The van der Waals surface area contributed by atoms with Crippen molar-refractivity contribution in [2.45, 2.75) is 38.8 Å². The Labute approximate surface area is 218 Å². The molecule has 4 aromatic rings. The van der Waals surface area contributed by atoms with Crippen molar-refractivity contribution >= 4 is 16.8 Å². The van der Waals surface area contributed by atoms with E-state index in [-0.39, 0.29) is 42.4 Å². The van der Waals surface area contributed by atoms with Crippen LogP contribution in [0.1, 0.15) is 39.2 Å². The van der Waals surface area contributed by atoms with Gasteiger partial charge >= 0.3 is 12.4 Å². The van der Waals surface area contributed by atoms with Crippen LogP contribution in [-0.2, 0) is 25.4 Å². The molecule has 2 aromatic heterocycles. The highest BCUT2D eigenvalue weighted by atomic mass is 19.4. The Bertz CT molecular complexity index is 1610. The molecule has 0 unspecified atom stereocenters. The second kappa shape index (κ2) is 9.55. The SMILES string of the molecule is Cc1ccc(-c2c3n(c(=O)c4ncccc24)CCCN(Cc2cc(C(F)(F)F)cc(C(F)(F)F)c2)C3=O)cc1. The fourth-order valence-electron chi connectivity index (χ4n) is 4.87. The predicted octanol–water partition coefficient (Wildman–Crippen LogP) is 6.46. The van der Waals surface area contributed by atoms with Crippen LogP contribution in [0.4, 0.5) is 26.3 Å². The van der Waals surface area contributed by atoms with Crippen LogP contribution < -0.4 is 5.56 Å². The van der Waals surface area contributed by atoms with Gasteiger partial charge in [0.2, 0.25) is 0 Å². The van der Waals surface area contributed by atoms with E-state index in [4.69, 9.17) is 0 Å². The third kappa shape index (κ3) is 5.00.